The highest BCUT2D eigenvalue weighted by molar-refractivity contribution is 7.80. The first-order valence-electron chi connectivity index (χ1n) is 5.51. The van der Waals surface area contributed by atoms with Gasteiger partial charge in [0.25, 0.3) is 0 Å². The smallest absolute Gasteiger partial charge is 0.106 e. The lowest BCUT2D eigenvalue weighted by atomic mass is 10.1. The predicted molar refractivity (Wildman–Crippen MR) is 72.8 cm³/mol. The predicted octanol–water partition coefficient (Wildman–Crippen LogP) is 2.20. The van der Waals surface area contributed by atoms with Crippen LogP contribution in [0, 0.1) is 5.92 Å². The summed E-state index contributed by atoms with van der Waals surface area (Å²) in [7, 11) is 2.05. The third-order valence-electron chi connectivity index (χ3n) is 2.76. The van der Waals surface area contributed by atoms with Crippen LogP contribution in [0.15, 0.2) is 18.5 Å². The average molecular weight is 237 g/mol. The van der Waals surface area contributed by atoms with E-state index in [9.17, 15) is 0 Å². The van der Waals surface area contributed by atoms with Crippen LogP contribution >= 0.6 is 12.2 Å². The molecule has 0 saturated carbocycles. The van der Waals surface area contributed by atoms with Gasteiger partial charge in [-0.1, -0.05) is 32.5 Å². The molecule has 0 amide bonds. The fraction of sp³-hybridized carbons (Fsp3) is 0.500. The van der Waals surface area contributed by atoms with Gasteiger partial charge in [0, 0.05) is 25.4 Å². The summed E-state index contributed by atoms with van der Waals surface area (Å²) in [6.45, 7) is 5.40. The maximum absolute atomic E-state index is 5.69. The molecule has 0 aliphatic heterocycles. The minimum Gasteiger partial charge on any atom is -0.389 e. The van der Waals surface area contributed by atoms with Gasteiger partial charge >= 0.3 is 0 Å². The van der Waals surface area contributed by atoms with Crippen LogP contribution < -0.4 is 10.6 Å². The number of hydrogen-bond acceptors (Lipinski definition) is 3. The third kappa shape index (κ3) is 3.17. The number of anilines is 1. The Balaban J connectivity index is 2.90. The molecule has 0 aliphatic rings. The van der Waals surface area contributed by atoms with Crippen LogP contribution in [0.3, 0.4) is 0 Å². The van der Waals surface area contributed by atoms with E-state index in [0.717, 1.165) is 24.2 Å². The number of nitrogens with two attached hydrogens (primary N) is 1. The Morgan fingerprint density at radius 3 is 2.88 bits per heavy atom. The van der Waals surface area contributed by atoms with Crippen LogP contribution in [0.1, 0.15) is 25.8 Å². The molecular weight excluding hydrogens is 218 g/mol. The van der Waals surface area contributed by atoms with Gasteiger partial charge in [0.1, 0.15) is 4.99 Å². The second-order valence-electron chi connectivity index (χ2n) is 4.15. The molecule has 0 aliphatic carbocycles. The first-order valence-corrected chi connectivity index (χ1v) is 5.92. The third-order valence-corrected chi connectivity index (χ3v) is 2.98. The van der Waals surface area contributed by atoms with Crippen molar-refractivity contribution in [1.29, 1.82) is 0 Å². The summed E-state index contributed by atoms with van der Waals surface area (Å²) < 4.78 is 0. The largest absolute Gasteiger partial charge is 0.389 e. The molecule has 1 atom stereocenters. The fourth-order valence-electron chi connectivity index (χ4n) is 1.59. The molecular formula is C12H19N3S. The zero-order valence-electron chi connectivity index (χ0n) is 10.1. The van der Waals surface area contributed by atoms with Gasteiger partial charge in [0.05, 0.1) is 11.9 Å². The molecule has 1 unspecified atom stereocenters. The van der Waals surface area contributed by atoms with Gasteiger partial charge in [-0.2, -0.15) is 0 Å². The minimum atomic E-state index is 0.424. The van der Waals surface area contributed by atoms with E-state index in [2.05, 4.69) is 23.7 Å². The van der Waals surface area contributed by atoms with E-state index < -0.39 is 0 Å². The van der Waals surface area contributed by atoms with E-state index in [0.29, 0.717) is 10.9 Å². The highest BCUT2D eigenvalue weighted by Gasteiger charge is 2.11. The summed E-state index contributed by atoms with van der Waals surface area (Å²) in [5.41, 5.74) is 7.60. The molecule has 88 valence electrons. The lowest BCUT2D eigenvalue weighted by molar-refractivity contribution is 0.559. The Labute approximate surface area is 103 Å². The molecule has 0 fully saturated rings. The first kappa shape index (κ1) is 12.9. The molecule has 0 radical (unpaired) electrons. The zero-order valence-corrected chi connectivity index (χ0v) is 10.9. The van der Waals surface area contributed by atoms with Gasteiger partial charge in [-0.05, 0) is 12.0 Å². The topological polar surface area (TPSA) is 42.2 Å². The highest BCUT2D eigenvalue weighted by Crippen LogP contribution is 2.19. The number of hydrogen-bond donors (Lipinski definition) is 1. The summed E-state index contributed by atoms with van der Waals surface area (Å²) in [5, 5.41) is 0. The number of nitrogens with zero attached hydrogens (tertiary/aromatic N) is 2. The number of thiocarbonyl (C=S) groups is 1. The van der Waals surface area contributed by atoms with Crippen LogP contribution in [0.5, 0.6) is 0 Å². The van der Waals surface area contributed by atoms with Crippen molar-refractivity contribution >= 4 is 22.9 Å². The monoisotopic (exact) mass is 237 g/mol. The van der Waals surface area contributed by atoms with Crippen LogP contribution in [-0.4, -0.2) is 23.6 Å². The first-order chi connectivity index (χ1) is 7.56. The van der Waals surface area contributed by atoms with Crippen LogP contribution in [-0.2, 0) is 0 Å². The lowest BCUT2D eigenvalue weighted by Gasteiger charge is -2.24. The standard InChI is InChI=1S/C12H19N3S/c1-4-9(2)8-15(3)11-7-14-6-5-10(11)12(13)16/h5-7,9H,4,8H2,1-3H3,(H2,13,16). The number of aromatic nitrogens is 1. The van der Waals surface area contributed by atoms with Crippen molar-refractivity contribution in [2.24, 2.45) is 11.7 Å². The molecule has 1 rings (SSSR count). The van der Waals surface area contributed by atoms with Crippen molar-refractivity contribution in [2.75, 3.05) is 18.5 Å². The zero-order chi connectivity index (χ0) is 12.1. The van der Waals surface area contributed by atoms with Crippen LogP contribution in [0.25, 0.3) is 0 Å². The molecule has 0 spiro atoms. The summed E-state index contributed by atoms with van der Waals surface area (Å²) in [4.78, 5) is 6.71. The van der Waals surface area contributed by atoms with Crippen molar-refractivity contribution in [3.63, 3.8) is 0 Å². The quantitative estimate of drug-likeness (QED) is 0.797. The summed E-state index contributed by atoms with van der Waals surface area (Å²) in [5.74, 6) is 0.643. The molecule has 0 bridgehead atoms. The second kappa shape index (κ2) is 5.80. The molecule has 1 aromatic rings. The van der Waals surface area contributed by atoms with Crippen molar-refractivity contribution in [3.8, 4) is 0 Å². The van der Waals surface area contributed by atoms with E-state index in [1.807, 2.05) is 19.3 Å². The molecule has 16 heavy (non-hydrogen) atoms. The van der Waals surface area contributed by atoms with Crippen molar-refractivity contribution < 1.29 is 0 Å². The van der Waals surface area contributed by atoms with Gasteiger partial charge in [0.15, 0.2) is 0 Å². The summed E-state index contributed by atoms with van der Waals surface area (Å²) in [6, 6.07) is 1.87. The Morgan fingerprint density at radius 1 is 1.62 bits per heavy atom. The Bertz CT molecular complexity index is 365. The van der Waals surface area contributed by atoms with E-state index in [1.165, 1.54) is 0 Å². The van der Waals surface area contributed by atoms with E-state index in [-0.39, 0.29) is 0 Å². The van der Waals surface area contributed by atoms with Gasteiger partial charge in [0.2, 0.25) is 0 Å². The van der Waals surface area contributed by atoms with Crippen LogP contribution in [0.4, 0.5) is 5.69 Å². The molecule has 1 aromatic heterocycles. The fourth-order valence-corrected chi connectivity index (χ4v) is 1.77. The van der Waals surface area contributed by atoms with E-state index in [1.54, 1.807) is 6.20 Å². The summed E-state index contributed by atoms with van der Waals surface area (Å²) in [6.07, 6.45) is 4.69. The van der Waals surface area contributed by atoms with Crippen molar-refractivity contribution in [2.45, 2.75) is 20.3 Å². The second-order valence-corrected chi connectivity index (χ2v) is 4.59. The van der Waals surface area contributed by atoms with E-state index >= 15 is 0 Å². The lowest BCUT2D eigenvalue weighted by Crippen LogP contribution is -2.26. The molecule has 0 aromatic carbocycles. The molecule has 0 saturated heterocycles. The Hall–Kier alpha value is -1.16. The Kier molecular flexibility index (Phi) is 4.68. The minimum absolute atomic E-state index is 0.424. The van der Waals surface area contributed by atoms with Gasteiger partial charge in [-0.3, -0.25) is 4.98 Å². The molecule has 2 N–H and O–H groups in total. The maximum atomic E-state index is 5.69. The molecule has 1 heterocycles. The molecule has 4 heteroatoms. The van der Waals surface area contributed by atoms with E-state index in [4.69, 9.17) is 18.0 Å². The van der Waals surface area contributed by atoms with Crippen molar-refractivity contribution in [3.05, 3.63) is 24.0 Å². The van der Waals surface area contributed by atoms with Gasteiger partial charge < -0.3 is 10.6 Å². The number of rotatable bonds is 5. The molecule has 3 nitrogen and oxygen atoms in total. The number of pyridine rings is 1. The SMILES string of the molecule is CCC(C)CN(C)c1cnccc1C(N)=S. The normalized spacial score (nSPS) is 12.2. The maximum Gasteiger partial charge on any atom is 0.106 e. The van der Waals surface area contributed by atoms with Crippen LogP contribution in [0.2, 0.25) is 0 Å². The van der Waals surface area contributed by atoms with Gasteiger partial charge in [-0.25, -0.2) is 0 Å². The average Bonchev–Trinajstić information content (AvgIpc) is 2.28. The van der Waals surface area contributed by atoms with Crippen molar-refractivity contribution in [1.82, 2.24) is 4.98 Å². The highest BCUT2D eigenvalue weighted by atomic mass is 32.1. The van der Waals surface area contributed by atoms with Gasteiger partial charge in [-0.15, -0.1) is 0 Å². The Morgan fingerprint density at radius 2 is 2.31 bits per heavy atom. The summed E-state index contributed by atoms with van der Waals surface area (Å²) >= 11 is 5.03.